The number of nitrogens with one attached hydrogen (secondary N) is 1. The van der Waals surface area contributed by atoms with Crippen LogP contribution in [0.1, 0.15) is 0 Å². The quantitative estimate of drug-likeness (QED) is 0.652. The van der Waals surface area contributed by atoms with Crippen LogP contribution in [0.2, 0.25) is 0 Å². The molecule has 0 aromatic heterocycles. The molecule has 0 unspecified atom stereocenters. The molecule has 0 heterocycles. The molecule has 0 radical (unpaired) electrons. The molecule has 2 aromatic carbocycles. The van der Waals surface area contributed by atoms with Crippen LogP contribution in [0.15, 0.2) is 59.5 Å². The van der Waals surface area contributed by atoms with Gasteiger partial charge in [-0.3, -0.25) is 4.79 Å². The van der Waals surface area contributed by atoms with Crippen molar-refractivity contribution in [1.29, 1.82) is 0 Å². The third kappa shape index (κ3) is 4.34. The molecule has 1 N–H and O–H groups in total. The van der Waals surface area contributed by atoms with Crippen molar-refractivity contribution in [2.75, 3.05) is 11.1 Å². The summed E-state index contributed by atoms with van der Waals surface area (Å²) in [7, 11) is 0. The molecule has 2 rings (SSSR count). The van der Waals surface area contributed by atoms with Gasteiger partial charge in [0.25, 0.3) is 0 Å². The Morgan fingerprint density at radius 3 is 2.61 bits per heavy atom. The minimum absolute atomic E-state index is 0.0193. The van der Waals surface area contributed by atoms with Gasteiger partial charge in [0.15, 0.2) is 0 Å². The molecule has 1 amide bonds. The zero-order chi connectivity index (χ0) is 12.8. The number of hydrogen-bond acceptors (Lipinski definition) is 2. The van der Waals surface area contributed by atoms with Crippen LogP contribution in [0.3, 0.4) is 0 Å². The number of halogens is 1. The van der Waals surface area contributed by atoms with E-state index < -0.39 is 0 Å². The maximum atomic E-state index is 11.8. The third-order valence-electron chi connectivity index (χ3n) is 2.22. The van der Waals surface area contributed by atoms with Crippen molar-refractivity contribution in [2.45, 2.75) is 4.90 Å². The second kappa shape index (κ2) is 6.80. The summed E-state index contributed by atoms with van der Waals surface area (Å²) in [5, 5.41) is 2.89. The zero-order valence-electron chi connectivity index (χ0n) is 9.60. The predicted molar refractivity (Wildman–Crippen MR) is 85.0 cm³/mol. The minimum atomic E-state index is 0.0193. The van der Waals surface area contributed by atoms with Crippen molar-refractivity contribution in [3.05, 3.63) is 58.2 Å². The van der Waals surface area contributed by atoms with Gasteiger partial charge in [0, 0.05) is 14.2 Å². The Labute approximate surface area is 124 Å². The van der Waals surface area contributed by atoms with E-state index in [9.17, 15) is 4.79 Å². The highest BCUT2D eigenvalue weighted by atomic mass is 127. The van der Waals surface area contributed by atoms with E-state index in [0.717, 1.165) is 14.2 Å². The minimum Gasteiger partial charge on any atom is -0.325 e. The highest BCUT2D eigenvalue weighted by Crippen LogP contribution is 2.18. The maximum Gasteiger partial charge on any atom is 0.234 e. The highest BCUT2D eigenvalue weighted by Gasteiger charge is 2.03. The molecule has 0 bridgehead atoms. The third-order valence-corrected chi connectivity index (χ3v) is 3.90. The van der Waals surface area contributed by atoms with Gasteiger partial charge in [-0.2, -0.15) is 0 Å². The van der Waals surface area contributed by atoms with Crippen LogP contribution in [0, 0.1) is 3.57 Å². The second-order valence-corrected chi connectivity index (χ2v) is 5.95. The van der Waals surface area contributed by atoms with E-state index in [1.165, 1.54) is 11.8 Å². The molecule has 0 spiro atoms. The number of amides is 1. The molecule has 0 fully saturated rings. The first kappa shape index (κ1) is 13.4. The van der Waals surface area contributed by atoms with Gasteiger partial charge in [0.05, 0.1) is 5.75 Å². The summed E-state index contributed by atoms with van der Waals surface area (Å²) < 4.78 is 1.11. The summed E-state index contributed by atoms with van der Waals surface area (Å²) in [4.78, 5) is 12.9. The Hall–Kier alpha value is -1.01. The van der Waals surface area contributed by atoms with Crippen molar-refractivity contribution >= 4 is 45.9 Å². The SMILES string of the molecule is O=C(CSc1ccccc1)Nc1cccc(I)c1. The topological polar surface area (TPSA) is 29.1 Å². The average Bonchev–Trinajstić information content (AvgIpc) is 2.38. The van der Waals surface area contributed by atoms with Gasteiger partial charge in [-0.25, -0.2) is 0 Å². The van der Waals surface area contributed by atoms with Crippen molar-refractivity contribution in [3.8, 4) is 0 Å². The van der Waals surface area contributed by atoms with E-state index >= 15 is 0 Å². The molecule has 18 heavy (non-hydrogen) atoms. The Morgan fingerprint density at radius 2 is 1.89 bits per heavy atom. The molecular formula is C14H12INOS. The van der Waals surface area contributed by atoms with Crippen LogP contribution in [-0.2, 0) is 4.79 Å². The number of hydrogen-bond donors (Lipinski definition) is 1. The van der Waals surface area contributed by atoms with E-state index in [4.69, 9.17) is 0 Å². The van der Waals surface area contributed by atoms with E-state index in [-0.39, 0.29) is 5.91 Å². The number of carbonyl (C=O) groups excluding carboxylic acids is 1. The van der Waals surface area contributed by atoms with E-state index in [1.54, 1.807) is 0 Å². The number of rotatable bonds is 4. The fourth-order valence-electron chi connectivity index (χ4n) is 1.43. The van der Waals surface area contributed by atoms with Gasteiger partial charge in [-0.05, 0) is 52.9 Å². The molecule has 2 nitrogen and oxygen atoms in total. The van der Waals surface area contributed by atoms with Gasteiger partial charge >= 0.3 is 0 Å². The fraction of sp³-hybridized carbons (Fsp3) is 0.0714. The second-order valence-electron chi connectivity index (χ2n) is 3.66. The smallest absolute Gasteiger partial charge is 0.234 e. The number of carbonyl (C=O) groups is 1. The summed E-state index contributed by atoms with van der Waals surface area (Å²) in [6, 6.07) is 17.7. The first-order valence-corrected chi connectivity index (χ1v) is 7.54. The normalized spacial score (nSPS) is 10.1. The van der Waals surface area contributed by atoms with Crippen LogP contribution in [-0.4, -0.2) is 11.7 Å². The van der Waals surface area contributed by atoms with Crippen LogP contribution < -0.4 is 5.32 Å². The summed E-state index contributed by atoms with van der Waals surface area (Å²) in [6.45, 7) is 0. The molecule has 2 aromatic rings. The highest BCUT2D eigenvalue weighted by molar-refractivity contribution is 14.1. The van der Waals surface area contributed by atoms with Gasteiger partial charge in [0.1, 0.15) is 0 Å². The van der Waals surface area contributed by atoms with Gasteiger partial charge in [0.2, 0.25) is 5.91 Å². The zero-order valence-corrected chi connectivity index (χ0v) is 12.6. The molecule has 4 heteroatoms. The van der Waals surface area contributed by atoms with Gasteiger partial charge in [-0.15, -0.1) is 11.8 Å². The van der Waals surface area contributed by atoms with Crippen molar-refractivity contribution < 1.29 is 4.79 Å². The number of anilines is 1. The fourth-order valence-corrected chi connectivity index (χ4v) is 2.69. The Morgan fingerprint density at radius 1 is 1.11 bits per heavy atom. The molecule has 0 aliphatic carbocycles. The maximum absolute atomic E-state index is 11.8. The Bertz CT molecular complexity index is 530. The Kier molecular flexibility index (Phi) is 5.07. The lowest BCUT2D eigenvalue weighted by Crippen LogP contribution is -2.13. The molecule has 0 saturated carbocycles. The average molecular weight is 369 g/mol. The van der Waals surface area contributed by atoms with E-state index in [2.05, 4.69) is 27.9 Å². The monoisotopic (exact) mass is 369 g/mol. The van der Waals surface area contributed by atoms with Crippen LogP contribution in [0.4, 0.5) is 5.69 Å². The standard InChI is InChI=1S/C14H12INOS/c15-11-5-4-6-12(9-11)16-14(17)10-18-13-7-2-1-3-8-13/h1-9H,10H2,(H,16,17). The lowest BCUT2D eigenvalue weighted by Gasteiger charge is -2.05. The molecule has 0 saturated heterocycles. The predicted octanol–water partition coefficient (Wildman–Crippen LogP) is 4.02. The van der Waals surface area contributed by atoms with E-state index in [0.29, 0.717) is 5.75 Å². The summed E-state index contributed by atoms with van der Waals surface area (Å²) in [5.74, 6) is 0.445. The summed E-state index contributed by atoms with van der Waals surface area (Å²) >= 11 is 3.76. The van der Waals surface area contributed by atoms with E-state index in [1.807, 2.05) is 54.6 Å². The number of benzene rings is 2. The lowest BCUT2D eigenvalue weighted by atomic mass is 10.3. The summed E-state index contributed by atoms with van der Waals surface area (Å²) in [5.41, 5.74) is 0.848. The molecular weight excluding hydrogens is 357 g/mol. The first-order chi connectivity index (χ1) is 8.74. The largest absolute Gasteiger partial charge is 0.325 e. The molecule has 0 aliphatic heterocycles. The van der Waals surface area contributed by atoms with Crippen molar-refractivity contribution in [2.24, 2.45) is 0 Å². The van der Waals surface area contributed by atoms with Gasteiger partial charge < -0.3 is 5.32 Å². The van der Waals surface area contributed by atoms with Crippen LogP contribution in [0.25, 0.3) is 0 Å². The molecule has 0 atom stereocenters. The van der Waals surface area contributed by atoms with Crippen molar-refractivity contribution in [1.82, 2.24) is 0 Å². The Balaban J connectivity index is 1.86. The number of thioether (sulfide) groups is 1. The van der Waals surface area contributed by atoms with Gasteiger partial charge in [-0.1, -0.05) is 24.3 Å². The first-order valence-electron chi connectivity index (χ1n) is 5.47. The molecule has 92 valence electrons. The van der Waals surface area contributed by atoms with Crippen molar-refractivity contribution in [3.63, 3.8) is 0 Å². The van der Waals surface area contributed by atoms with Crippen LogP contribution in [0.5, 0.6) is 0 Å². The molecule has 0 aliphatic rings. The summed E-state index contributed by atoms with van der Waals surface area (Å²) in [6.07, 6.45) is 0. The lowest BCUT2D eigenvalue weighted by molar-refractivity contribution is -0.113. The van der Waals surface area contributed by atoms with Crippen LogP contribution >= 0.6 is 34.4 Å².